The van der Waals surface area contributed by atoms with Crippen LogP contribution in [0.1, 0.15) is 33.6 Å². The summed E-state index contributed by atoms with van der Waals surface area (Å²) in [6, 6.07) is 5.82. The van der Waals surface area contributed by atoms with E-state index in [2.05, 4.69) is 20.9 Å². The van der Waals surface area contributed by atoms with Gasteiger partial charge in [-0.1, -0.05) is 0 Å². The molecule has 0 atom stereocenters. The van der Waals surface area contributed by atoms with Crippen LogP contribution < -0.4 is 9.47 Å². The van der Waals surface area contributed by atoms with E-state index in [1.54, 1.807) is 18.3 Å². The van der Waals surface area contributed by atoms with E-state index in [0.717, 1.165) is 47.7 Å². The number of benzene rings is 1. The van der Waals surface area contributed by atoms with Crippen molar-refractivity contribution in [2.75, 3.05) is 20.2 Å². The molecular weight excluding hydrogens is 438 g/mol. The van der Waals surface area contributed by atoms with Gasteiger partial charge in [-0.25, -0.2) is 9.78 Å². The van der Waals surface area contributed by atoms with E-state index >= 15 is 0 Å². The van der Waals surface area contributed by atoms with Gasteiger partial charge in [-0.3, -0.25) is 0 Å². The third kappa shape index (κ3) is 4.22. The minimum atomic E-state index is -0.455. The van der Waals surface area contributed by atoms with Crippen molar-refractivity contribution in [3.05, 3.63) is 35.3 Å². The number of halogens is 1. The van der Waals surface area contributed by atoms with Gasteiger partial charge in [0.25, 0.3) is 0 Å². The number of hydrogen-bond donors (Lipinski definition) is 0. The number of hydrogen-bond acceptors (Lipinski definition) is 5. The molecular formula is C21H26BrN3O4. The molecule has 1 aromatic carbocycles. The first-order valence-electron chi connectivity index (χ1n) is 9.69. The molecule has 29 heavy (non-hydrogen) atoms. The third-order valence-corrected chi connectivity index (χ3v) is 5.72. The number of imidazole rings is 1. The molecule has 0 radical (unpaired) electrons. The van der Waals surface area contributed by atoms with Gasteiger partial charge < -0.3 is 23.7 Å². The minimum Gasteiger partial charge on any atom is -0.494 e. The zero-order valence-electron chi connectivity index (χ0n) is 17.1. The molecule has 2 fully saturated rings. The lowest BCUT2D eigenvalue weighted by atomic mass is 9.62. The molecule has 1 spiro atoms. The Morgan fingerprint density at radius 2 is 2.00 bits per heavy atom. The molecule has 1 aliphatic heterocycles. The number of ether oxygens (including phenoxy) is 3. The summed E-state index contributed by atoms with van der Waals surface area (Å²) in [5.74, 6) is 1.51. The summed E-state index contributed by atoms with van der Waals surface area (Å²) in [7, 11) is 1.65. The molecule has 1 saturated heterocycles. The van der Waals surface area contributed by atoms with Crippen molar-refractivity contribution in [3.8, 4) is 17.2 Å². The zero-order valence-corrected chi connectivity index (χ0v) is 18.7. The number of methoxy groups -OCH3 is 1. The molecule has 0 bridgehead atoms. The lowest BCUT2D eigenvalue weighted by Gasteiger charge is -2.58. The summed E-state index contributed by atoms with van der Waals surface area (Å²) in [6.07, 6.45) is 5.44. The predicted molar refractivity (Wildman–Crippen MR) is 112 cm³/mol. The molecule has 2 aromatic rings. The van der Waals surface area contributed by atoms with E-state index in [9.17, 15) is 4.79 Å². The molecule has 0 unspecified atom stereocenters. The third-order valence-electron chi connectivity index (χ3n) is 5.31. The van der Waals surface area contributed by atoms with Crippen LogP contribution in [0.4, 0.5) is 4.79 Å². The van der Waals surface area contributed by atoms with Gasteiger partial charge in [0.2, 0.25) is 0 Å². The molecule has 2 heterocycles. The van der Waals surface area contributed by atoms with Crippen molar-refractivity contribution < 1.29 is 19.0 Å². The van der Waals surface area contributed by atoms with E-state index in [-0.39, 0.29) is 17.6 Å². The standard InChI is InChI=1S/C21H26BrN3O4/c1-20(2,3)29-19(26)25-11-21(12-25)8-15(9-21)28-14-5-6-16(17(7-14)27-4)24-10-18(22)23-13-24/h5-7,10,13,15H,8-9,11-12H2,1-4H3. The highest BCUT2D eigenvalue weighted by molar-refractivity contribution is 9.10. The van der Waals surface area contributed by atoms with Gasteiger partial charge in [-0.2, -0.15) is 0 Å². The van der Waals surface area contributed by atoms with Crippen LogP contribution >= 0.6 is 15.9 Å². The quantitative estimate of drug-likeness (QED) is 0.670. The van der Waals surface area contributed by atoms with Crippen molar-refractivity contribution in [2.24, 2.45) is 5.41 Å². The summed E-state index contributed by atoms with van der Waals surface area (Å²) >= 11 is 3.36. The van der Waals surface area contributed by atoms with E-state index in [0.29, 0.717) is 0 Å². The zero-order chi connectivity index (χ0) is 20.8. The van der Waals surface area contributed by atoms with Gasteiger partial charge in [0.05, 0.1) is 12.8 Å². The second-order valence-corrected chi connectivity index (χ2v) is 9.73. The Kier molecular flexibility index (Phi) is 5.01. The molecule has 1 saturated carbocycles. The smallest absolute Gasteiger partial charge is 0.410 e. The highest BCUT2D eigenvalue weighted by Crippen LogP contribution is 2.50. The molecule has 2 aliphatic rings. The molecule has 0 N–H and O–H groups in total. The lowest BCUT2D eigenvalue weighted by molar-refractivity contribution is -0.116. The van der Waals surface area contributed by atoms with Gasteiger partial charge in [0.1, 0.15) is 34.1 Å². The number of carbonyl (C=O) groups is 1. The van der Waals surface area contributed by atoms with Crippen molar-refractivity contribution in [3.63, 3.8) is 0 Å². The van der Waals surface area contributed by atoms with Crippen molar-refractivity contribution >= 4 is 22.0 Å². The fourth-order valence-electron chi connectivity index (χ4n) is 4.03. The first-order valence-corrected chi connectivity index (χ1v) is 10.5. The molecule has 7 nitrogen and oxygen atoms in total. The maximum absolute atomic E-state index is 12.1. The van der Waals surface area contributed by atoms with Crippen LogP contribution in [0, 0.1) is 5.41 Å². The van der Waals surface area contributed by atoms with Gasteiger partial charge in [0, 0.05) is 30.8 Å². The van der Waals surface area contributed by atoms with Crippen molar-refractivity contribution in [2.45, 2.75) is 45.3 Å². The summed E-state index contributed by atoms with van der Waals surface area (Å²) in [4.78, 5) is 18.1. The fraction of sp³-hybridized carbons (Fsp3) is 0.524. The average molecular weight is 464 g/mol. The van der Waals surface area contributed by atoms with Crippen LogP contribution in [0.3, 0.4) is 0 Å². The number of amides is 1. The molecule has 1 aliphatic carbocycles. The summed E-state index contributed by atoms with van der Waals surface area (Å²) in [5, 5.41) is 0. The van der Waals surface area contributed by atoms with Crippen molar-refractivity contribution in [1.82, 2.24) is 14.5 Å². The Bertz CT molecular complexity index is 907. The normalized spacial score (nSPS) is 18.2. The van der Waals surface area contributed by atoms with E-state index in [4.69, 9.17) is 14.2 Å². The number of nitrogens with zero attached hydrogens (tertiary/aromatic N) is 3. The molecule has 8 heteroatoms. The minimum absolute atomic E-state index is 0.161. The van der Waals surface area contributed by atoms with E-state index < -0.39 is 5.60 Å². The number of carbonyl (C=O) groups excluding carboxylic acids is 1. The largest absolute Gasteiger partial charge is 0.494 e. The van der Waals surface area contributed by atoms with Gasteiger partial charge in [-0.05, 0) is 61.7 Å². The van der Waals surface area contributed by atoms with Crippen LogP contribution in [0.5, 0.6) is 11.5 Å². The molecule has 1 aromatic heterocycles. The van der Waals surface area contributed by atoms with E-state index in [1.807, 2.05) is 49.7 Å². The number of aromatic nitrogens is 2. The lowest BCUT2D eigenvalue weighted by Crippen LogP contribution is -2.66. The Balaban J connectivity index is 1.32. The highest BCUT2D eigenvalue weighted by atomic mass is 79.9. The maximum atomic E-state index is 12.1. The monoisotopic (exact) mass is 463 g/mol. The highest BCUT2D eigenvalue weighted by Gasteiger charge is 2.55. The van der Waals surface area contributed by atoms with Crippen LogP contribution in [-0.2, 0) is 4.74 Å². The average Bonchev–Trinajstić information content (AvgIpc) is 3.00. The topological polar surface area (TPSA) is 65.8 Å². The summed E-state index contributed by atoms with van der Waals surface area (Å²) in [5.41, 5.74) is 0.632. The van der Waals surface area contributed by atoms with Gasteiger partial charge in [-0.15, -0.1) is 0 Å². The van der Waals surface area contributed by atoms with Crippen LogP contribution in [-0.4, -0.2) is 52.4 Å². The van der Waals surface area contributed by atoms with E-state index in [1.165, 1.54) is 0 Å². The van der Waals surface area contributed by atoms with Gasteiger partial charge in [0.15, 0.2) is 0 Å². The molecule has 4 rings (SSSR count). The fourth-order valence-corrected chi connectivity index (χ4v) is 4.35. The first-order chi connectivity index (χ1) is 13.7. The summed E-state index contributed by atoms with van der Waals surface area (Å²) < 4.78 is 19.8. The van der Waals surface area contributed by atoms with Crippen LogP contribution in [0.15, 0.2) is 35.3 Å². The second-order valence-electron chi connectivity index (χ2n) is 8.92. The number of rotatable bonds is 4. The predicted octanol–water partition coefficient (Wildman–Crippen LogP) is 4.42. The Labute approximate surface area is 179 Å². The molecule has 1 amide bonds. The summed E-state index contributed by atoms with van der Waals surface area (Å²) in [6.45, 7) is 7.16. The Morgan fingerprint density at radius 1 is 1.28 bits per heavy atom. The molecule has 156 valence electrons. The van der Waals surface area contributed by atoms with Crippen molar-refractivity contribution in [1.29, 1.82) is 0 Å². The SMILES string of the molecule is COc1cc(OC2CC3(C2)CN(C(=O)OC(C)(C)C)C3)ccc1-n1cnc(Br)c1. The maximum Gasteiger partial charge on any atom is 0.410 e. The Morgan fingerprint density at radius 3 is 2.59 bits per heavy atom. The van der Waals surface area contributed by atoms with Crippen LogP contribution in [0.2, 0.25) is 0 Å². The van der Waals surface area contributed by atoms with Crippen LogP contribution in [0.25, 0.3) is 5.69 Å². The second kappa shape index (κ2) is 7.23. The number of likely N-dealkylation sites (tertiary alicyclic amines) is 1. The Hall–Kier alpha value is -2.22. The first kappa shape index (κ1) is 20.1. The van der Waals surface area contributed by atoms with Gasteiger partial charge >= 0.3 is 6.09 Å².